The molecule has 0 aliphatic heterocycles. The molecule has 0 N–H and O–H groups in total. The van der Waals surface area contributed by atoms with Crippen LogP contribution in [0.2, 0.25) is 5.02 Å². The number of hydrogen-bond donors (Lipinski definition) is 0. The lowest BCUT2D eigenvalue weighted by Crippen LogP contribution is -2.19. The summed E-state index contributed by atoms with van der Waals surface area (Å²) in [5.74, 6) is 0. The van der Waals surface area contributed by atoms with Crippen LogP contribution >= 0.6 is 22.9 Å². The first kappa shape index (κ1) is 13.1. The Hall–Kier alpha value is -1.32. The highest BCUT2D eigenvalue weighted by Crippen LogP contribution is 2.22. The van der Waals surface area contributed by atoms with E-state index in [-0.39, 0.29) is 0 Å². The molecule has 2 rings (SSSR count). The minimum absolute atomic E-state index is 0.505. The van der Waals surface area contributed by atoms with Gasteiger partial charge < -0.3 is 4.90 Å². The lowest BCUT2D eigenvalue weighted by atomic mass is 10.2. The van der Waals surface area contributed by atoms with E-state index in [1.165, 1.54) is 4.88 Å². The molecule has 94 valence electrons. The summed E-state index contributed by atoms with van der Waals surface area (Å²) in [4.78, 5) is 14.2. The van der Waals surface area contributed by atoms with E-state index in [1.54, 1.807) is 17.4 Å². The summed E-state index contributed by atoms with van der Waals surface area (Å²) in [6.07, 6.45) is 1.79. The maximum atomic E-state index is 10.7. The first-order valence-corrected chi connectivity index (χ1v) is 6.94. The van der Waals surface area contributed by atoms with E-state index in [9.17, 15) is 4.79 Å². The number of carbonyl (C=O) groups is 1. The molecule has 1 heterocycles. The second-order valence-electron chi connectivity index (χ2n) is 4.07. The van der Waals surface area contributed by atoms with Crippen LogP contribution in [-0.4, -0.2) is 19.9 Å². The van der Waals surface area contributed by atoms with Gasteiger partial charge in [-0.1, -0.05) is 17.7 Å². The van der Waals surface area contributed by atoms with E-state index in [0.29, 0.717) is 10.6 Å². The van der Waals surface area contributed by atoms with Crippen LogP contribution in [0, 0.1) is 0 Å². The fraction of sp³-hybridized carbons (Fsp3) is 0.214. The molecular weight excluding hydrogens is 266 g/mol. The Bertz CT molecular complexity index is 525. The van der Waals surface area contributed by atoms with Crippen molar-refractivity contribution in [1.82, 2.24) is 0 Å². The molecule has 0 unspecified atom stereocenters. The van der Waals surface area contributed by atoms with Crippen LogP contribution in [0.25, 0.3) is 0 Å². The number of thiophene rings is 1. The Kier molecular flexibility index (Phi) is 4.39. The van der Waals surface area contributed by atoms with Gasteiger partial charge in [-0.05, 0) is 36.1 Å². The molecule has 0 radical (unpaired) electrons. The molecule has 0 aliphatic carbocycles. The molecule has 0 bridgehead atoms. The van der Waals surface area contributed by atoms with Crippen LogP contribution in [-0.2, 0) is 6.42 Å². The van der Waals surface area contributed by atoms with Crippen molar-refractivity contribution in [3.05, 3.63) is 51.2 Å². The number of halogens is 1. The van der Waals surface area contributed by atoms with E-state index in [0.717, 1.165) is 24.9 Å². The first-order valence-electron chi connectivity index (χ1n) is 5.69. The maximum absolute atomic E-state index is 10.7. The van der Waals surface area contributed by atoms with Gasteiger partial charge in [-0.3, -0.25) is 4.79 Å². The number of benzene rings is 1. The van der Waals surface area contributed by atoms with Gasteiger partial charge in [0.2, 0.25) is 0 Å². The lowest BCUT2D eigenvalue weighted by Gasteiger charge is -2.19. The summed E-state index contributed by atoms with van der Waals surface area (Å²) in [5.41, 5.74) is 1.56. The Morgan fingerprint density at radius 3 is 2.83 bits per heavy atom. The SMILES string of the molecule is CN(CCc1cccs1)c1ccc(C=O)c(Cl)c1. The fourth-order valence-corrected chi connectivity index (χ4v) is 2.63. The molecule has 0 spiro atoms. The lowest BCUT2D eigenvalue weighted by molar-refractivity contribution is 0.112. The zero-order valence-electron chi connectivity index (χ0n) is 10.1. The van der Waals surface area contributed by atoms with Gasteiger partial charge in [-0.2, -0.15) is 0 Å². The predicted octanol–water partition coefficient (Wildman–Crippen LogP) is 3.89. The van der Waals surface area contributed by atoms with Gasteiger partial charge in [-0.15, -0.1) is 11.3 Å². The van der Waals surface area contributed by atoms with Crippen molar-refractivity contribution < 1.29 is 4.79 Å². The quantitative estimate of drug-likeness (QED) is 0.774. The van der Waals surface area contributed by atoms with Crippen LogP contribution in [0.3, 0.4) is 0 Å². The second-order valence-corrected chi connectivity index (χ2v) is 5.51. The first-order chi connectivity index (χ1) is 8.70. The third-order valence-electron chi connectivity index (χ3n) is 2.83. The average Bonchev–Trinajstić information content (AvgIpc) is 2.89. The molecule has 0 saturated heterocycles. The number of nitrogens with zero attached hydrogens (tertiary/aromatic N) is 1. The molecule has 1 aromatic carbocycles. The smallest absolute Gasteiger partial charge is 0.151 e. The van der Waals surface area contributed by atoms with Gasteiger partial charge in [0.15, 0.2) is 6.29 Å². The highest BCUT2D eigenvalue weighted by atomic mass is 35.5. The molecule has 2 nitrogen and oxygen atoms in total. The van der Waals surface area contributed by atoms with Crippen molar-refractivity contribution >= 4 is 34.9 Å². The monoisotopic (exact) mass is 279 g/mol. The van der Waals surface area contributed by atoms with Crippen molar-refractivity contribution in [3.63, 3.8) is 0 Å². The molecule has 0 fully saturated rings. The van der Waals surface area contributed by atoms with E-state index < -0.39 is 0 Å². The summed E-state index contributed by atoms with van der Waals surface area (Å²) >= 11 is 7.79. The topological polar surface area (TPSA) is 20.3 Å². The van der Waals surface area contributed by atoms with Gasteiger partial charge >= 0.3 is 0 Å². The molecule has 18 heavy (non-hydrogen) atoms. The molecule has 0 atom stereocenters. The van der Waals surface area contributed by atoms with E-state index in [1.807, 2.05) is 19.2 Å². The number of carbonyl (C=O) groups excluding carboxylic acids is 1. The van der Waals surface area contributed by atoms with E-state index >= 15 is 0 Å². The van der Waals surface area contributed by atoms with Gasteiger partial charge in [-0.25, -0.2) is 0 Å². The summed E-state index contributed by atoms with van der Waals surface area (Å²) in [6, 6.07) is 9.72. The molecule has 0 amide bonds. The number of likely N-dealkylation sites (N-methyl/N-ethyl adjacent to an activating group) is 1. The number of hydrogen-bond acceptors (Lipinski definition) is 3. The van der Waals surface area contributed by atoms with Crippen molar-refractivity contribution in [1.29, 1.82) is 0 Å². The third-order valence-corrected chi connectivity index (χ3v) is 4.09. The van der Waals surface area contributed by atoms with Crippen LogP contribution < -0.4 is 4.90 Å². The van der Waals surface area contributed by atoms with E-state index in [4.69, 9.17) is 11.6 Å². The predicted molar refractivity (Wildman–Crippen MR) is 78.1 cm³/mol. The van der Waals surface area contributed by atoms with Crippen LogP contribution in [0.5, 0.6) is 0 Å². The zero-order valence-corrected chi connectivity index (χ0v) is 11.7. The number of anilines is 1. The highest BCUT2D eigenvalue weighted by molar-refractivity contribution is 7.09. The zero-order chi connectivity index (χ0) is 13.0. The standard InChI is InChI=1S/C14H14ClNOS/c1-16(7-6-13-3-2-8-18-13)12-5-4-11(10-17)14(15)9-12/h2-5,8-10H,6-7H2,1H3. The van der Waals surface area contributed by atoms with Gasteiger partial charge in [0.25, 0.3) is 0 Å². The minimum Gasteiger partial charge on any atom is -0.374 e. The normalized spacial score (nSPS) is 10.3. The van der Waals surface area contributed by atoms with Crippen molar-refractivity contribution in [2.45, 2.75) is 6.42 Å². The number of aldehydes is 1. The Balaban J connectivity index is 2.02. The van der Waals surface area contributed by atoms with Crippen molar-refractivity contribution in [3.8, 4) is 0 Å². The second kappa shape index (κ2) is 6.03. The Morgan fingerprint density at radius 1 is 1.39 bits per heavy atom. The van der Waals surface area contributed by atoms with Gasteiger partial charge in [0.1, 0.15) is 0 Å². The van der Waals surface area contributed by atoms with Crippen LogP contribution in [0.1, 0.15) is 15.2 Å². The molecule has 0 saturated carbocycles. The van der Waals surface area contributed by atoms with Gasteiger partial charge in [0.05, 0.1) is 5.02 Å². The molecule has 1 aromatic heterocycles. The Morgan fingerprint density at radius 2 is 2.22 bits per heavy atom. The fourth-order valence-electron chi connectivity index (χ4n) is 1.71. The van der Waals surface area contributed by atoms with E-state index in [2.05, 4.69) is 22.4 Å². The summed E-state index contributed by atoms with van der Waals surface area (Å²) in [5, 5.41) is 2.59. The number of rotatable bonds is 5. The maximum Gasteiger partial charge on any atom is 0.151 e. The molecule has 2 aromatic rings. The molecule has 0 aliphatic rings. The highest BCUT2D eigenvalue weighted by Gasteiger charge is 2.05. The molecule has 4 heteroatoms. The summed E-state index contributed by atoms with van der Waals surface area (Å²) < 4.78 is 0. The third kappa shape index (κ3) is 3.12. The summed E-state index contributed by atoms with van der Waals surface area (Å²) in [6.45, 7) is 0.928. The Labute approximate surface area is 116 Å². The average molecular weight is 280 g/mol. The van der Waals surface area contributed by atoms with Crippen molar-refractivity contribution in [2.24, 2.45) is 0 Å². The largest absolute Gasteiger partial charge is 0.374 e. The van der Waals surface area contributed by atoms with Gasteiger partial charge in [0, 0.05) is 29.7 Å². The summed E-state index contributed by atoms with van der Waals surface area (Å²) in [7, 11) is 2.03. The molecular formula is C14H14ClNOS. The van der Waals surface area contributed by atoms with Crippen LogP contribution in [0.15, 0.2) is 35.7 Å². The minimum atomic E-state index is 0.505. The van der Waals surface area contributed by atoms with Crippen LogP contribution in [0.4, 0.5) is 5.69 Å². The van der Waals surface area contributed by atoms with Crippen molar-refractivity contribution in [2.75, 3.05) is 18.5 Å².